The third-order valence-electron chi connectivity index (χ3n) is 5.63. The second-order valence-corrected chi connectivity index (χ2v) is 7.41. The van der Waals surface area contributed by atoms with Crippen molar-refractivity contribution in [3.63, 3.8) is 0 Å². The molecule has 5 heteroatoms. The Labute approximate surface area is 126 Å². The summed E-state index contributed by atoms with van der Waals surface area (Å²) < 4.78 is 11.3. The number of hydrogen-bond acceptors (Lipinski definition) is 4. The van der Waals surface area contributed by atoms with E-state index in [9.17, 15) is 4.79 Å². The van der Waals surface area contributed by atoms with Crippen molar-refractivity contribution in [3.8, 4) is 0 Å². The average Bonchev–Trinajstić information content (AvgIpc) is 3.15. The fourth-order valence-corrected chi connectivity index (χ4v) is 3.90. The van der Waals surface area contributed by atoms with Gasteiger partial charge in [-0.25, -0.2) is 0 Å². The topological polar surface area (TPSA) is 73.6 Å². The zero-order valence-electron chi connectivity index (χ0n) is 13.2. The average molecular weight is 296 g/mol. The Bertz CT molecular complexity index is 408. The van der Waals surface area contributed by atoms with Crippen molar-refractivity contribution >= 4 is 5.91 Å². The van der Waals surface area contributed by atoms with Crippen LogP contribution < -0.4 is 11.1 Å². The lowest BCUT2D eigenvalue weighted by Gasteiger charge is -2.60. The molecule has 3 rings (SSSR count). The third-order valence-corrected chi connectivity index (χ3v) is 5.63. The molecule has 1 heterocycles. The number of ether oxygens (including phenoxy) is 2. The number of nitrogens with two attached hydrogens (primary N) is 1. The highest BCUT2D eigenvalue weighted by molar-refractivity contribution is 5.89. The number of carbonyl (C=O) groups excluding carboxylic acids is 1. The normalized spacial score (nSPS) is 36.9. The van der Waals surface area contributed by atoms with Gasteiger partial charge in [0.05, 0.1) is 6.10 Å². The summed E-state index contributed by atoms with van der Waals surface area (Å²) in [5, 5.41) is 3.00. The molecule has 0 aromatic rings. The molecule has 120 valence electrons. The highest BCUT2D eigenvalue weighted by Crippen LogP contribution is 2.58. The molecular weight excluding hydrogens is 268 g/mol. The molecule has 0 spiro atoms. The van der Waals surface area contributed by atoms with E-state index in [4.69, 9.17) is 15.2 Å². The van der Waals surface area contributed by atoms with E-state index in [1.54, 1.807) is 0 Å². The Hall–Kier alpha value is -0.650. The number of hydrogen-bond donors (Lipinski definition) is 2. The van der Waals surface area contributed by atoms with Crippen LogP contribution >= 0.6 is 0 Å². The fourth-order valence-electron chi connectivity index (χ4n) is 3.90. The van der Waals surface area contributed by atoms with Crippen LogP contribution in [-0.4, -0.2) is 43.9 Å². The first-order valence-electron chi connectivity index (χ1n) is 8.24. The first-order valence-corrected chi connectivity index (χ1v) is 8.24. The molecule has 1 saturated heterocycles. The molecule has 1 amide bonds. The third kappa shape index (κ3) is 2.49. The van der Waals surface area contributed by atoms with Gasteiger partial charge in [-0.2, -0.15) is 0 Å². The van der Waals surface area contributed by atoms with Crippen molar-refractivity contribution < 1.29 is 14.3 Å². The quantitative estimate of drug-likeness (QED) is 0.689. The summed E-state index contributed by atoms with van der Waals surface area (Å²) in [7, 11) is 0. The Balaban J connectivity index is 1.41. The number of nitrogens with one attached hydrogen (secondary N) is 1. The van der Waals surface area contributed by atoms with Crippen molar-refractivity contribution in [1.82, 2.24) is 5.32 Å². The van der Waals surface area contributed by atoms with Crippen LogP contribution in [0.1, 0.15) is 39.5 Å². The molecule has 3 unspecified atom stereocenters. The Morgan fingerprint density at radius 3 is 2.86 bits per heavy atom. The van der Waals surface area contributed by atoms with Gasteiger partial charge in [0.15, 0.2) is 0 Å². The molecule has 2 saturated carbocycles. The van der Waals surface area contributed by atoms with E-state index in [0.717, 1.165) is 32.0 Å². The minimum Gasteiger partial charge on any atom is -0.381 e. The summed E-state index contributed by atoms with van der Waals surface area (Å²) >= 11 is 0. The van der Waals surface area contributed by atoms with Gasteiger partial charge in [0.1, 0.15) is 5.54 Å². The van der Waals surface area contributed by atoms with E-state index >= 15 is 0 Å². The molecular formula is C16H28N2O3. The minimum absolute atomic E-state index is 0.0264. The summed E-state index contributed by atoms with van der Waals surface area (Å²) in [4.78, 5) is 12.5. The molecule has 0 aromatic heterocycles. The maximum absolute atomic E-state index is 12.5. The van der Waals surface area contributed by atoms with Gasteiger partial charge in [-0.1, -0.05) is 13.8 Å². The molecule has 0 radical (unpaired) electrons. The second-order valence-electron chi connectivity index (χ2n) is 7.41. The standard InChI is InChI=1S/C16H28N2O3/c1-15(2)13-12(6-9-21-13)16(15,17)14(19)18-7-3-8-20-10-11-4-5-11/h11-13H,3-10,17H2,1-2H3,(H,18,19). The van der Waals surface area contributed by atoms with E-state index in [2.05, 4.69) is 5.32 Å². The maximum Gasteiger partial charge on any atom is 0.241 e. The largest absolute Gasteiger partial charge is 0.381 e. The van der Waals surface area contributed by atoms with Crippen molar-refractivity contribution in [3.05, 3.63) is 0 Å². The van der Waals surface area contributed by atoms with Gasteiger partial charge in [0.2, 0.25) is 5.91 Å². The van der Waals surface area contributed by atoms with Crippen LogP contribution in [0.4, 0.5) is 0 Å². The minimum atomic E-state index is -0.789. The van der Waals surface area contributed by atoms with Crippen LogP contribution in [0.25, 0.3) is 0 Å². The van der Waals surface area contributed by atoms with E-state index in [0.29, 0.717) is 13.2 Å². The first kappa shape index (κ1) is 15.3. The van der Waals surface area contributed by atoms with Crippen LogP contribution in [0.2, 0.25) is 0 Å². The zero-order chi connectivity index (χ0) is 15.1. The van der Waals surface area contributed by atoms with Gasteiger partial charge in [0, 0.05) is 37.7 Å². The molecule has 3 N–H and O–H groups in total. The van der Waals surface area contributed by atoms with E-state index in [1.165, 1.54) is 12.8 Å². The smallest absolute Gasteiger partial charge is 0.241 e. The molecule has 3 aliphatic rings. The zero-order valence-corrected chi connectivity index (χ0v) is 13.2. The van der Waals surface area contributed by atoms with Crippen LogP contribution in [0.15, 0.2) is 0 Å². The van der Waals surface area contributed by atoms with Crippen LogP contribution in [0.3, 0.4) is 0 Å². The van der Waals surface area contributed by atoms with Crippen molar-refractivity contribution in [2.24, 2.45) is 23.0 Å². The van der Waals surface area contributed by atoms with Gasteiger partial charge in [0.25, 0.3) is 0 Å². The lowest BCUT2D eigenvalue weighted by Crippen LogP contribution is -2.80. The van der Waals surface area contributed by atoms with Crippen molar-refractivity contribution in [2.45, 2.75) is 51.2 Å². The summed E-state index contributed by atoms with van der Waals surface area (Å²) in [6.07, 6.45) is 4.50. The van der Waals surface area contributed by atoms with Crippen molar-refractivity contribution in [2.75, 3.05) is 26.4 Å². The van der Waals surface area contributed by atoms with Gasteiger partial charge in [-0.3, -0.25) is 4.79 Å². The number of fused-ring (bicyclic) bond motifs is 1. The van der Waals surface area contributed by atoms with Crippen LogP contribution in [-0.2, 0) is 14.3 Å². The molecule has 21 heavy (non-hydrogen) atoms. The fraction of sp³-hybridized carbons (Fsp3) is 0.938. The Morgan fingerprint density at radius 2 is 2.14 bits per heavy atom. The van der Waals surface area contributed by atoms with Crippen LogP contribution in [0.5, 0.6) is 0 Å². The van der Waals surface area contributed by atoms with Gasteiger partial charge >= 0.3 is 0 Å². The highest BCUT2D eigenvalue weighted by Gasteiger charge is 2.71. The summed E-state index contributed by atoms with van der Waals surface area (Å²) in [6, 6.07) is 0. The predicted molar refractivity (Wildman–Crippen MR) is 79.7 cm³/mol. The number of amides is 1. The monoisotopic (exact) mass is 296 g/mol. The van der Waals surface area contributed by atoms with E-state index in [1.807, 2.05) is 13.8 Å². The Morgan fingerprint density at radius 1 is 1.38 bits per heavy atom. The van der Waals surface area contributed by atoms with Gasteiger partial charge < -0.3 is 20.5 Å². The Kier molecular flexibility index (Phi) is 4.01. The lowest BCUT2D eigenvalue weighted by molar-refractivity contribution is -0.175. The SMILES string of the molecule is CC1(C)C2OCCC2C1(N)C(=O)NCCCOCC1CC1. The van der Waals surface area contributed by atoms with Crippen molar-refractivity contribution in [1.29, 1.82) is 0 Å². The van der Waals surface area contributed by atoms with Gasteiger partial charge in [-0.15, -0.1) is 0 Å². The molecule has 0 aromatic carbocycles. The molecule has 3 atom stereocenters. The lowest BCUT2D eigenvalue weighted by atomic mass is 9.48. The number of carbonyl (C=O) groups is 1. The molecule has 0 bridgehead atoms. The summed E-state index contributed by atoms with van der Waals surface area (Å²) in [5.41, 5.74) is 5.40. The second kappa shape index (κ2) is 5.52. The summed E-state index contributed by atoms with van der Waals surface area (Å²) in [6.45, 7) is 7.03. The highest BCUT2D eigenvalue weighted by atomic mass is 16.5. The summed E-state index contributed by atoms with van der Waals surface area (Å²) in [5.74, 6) is 0.932. The molecule has 5 nitrogen and oxygen atoms in total. The molecule has 1 aliphatic heterocycles. The first-order chi connectivity index (χ1) is 9.98. The predicted octanol–water partition coefficient (Wildman–Crippen LogP) is 1.06. The molecule has 3 fully saturated rings. The maximum atomic E-state index is 12.5. The number of rotatable bonds is 7. The van der Waals surface area contributed by atoms with Gasteiger partial charge in [-0.05, 0) is 31.6 Å². The van der Waals surface area contributed by atoms with Crippen LogP contribution in [0, 0.1) is 17.3 Å². The van der Waals surface area contributed by atoms with E-state index < -0.39 is 5.54 Å². The van der Waals surface area contributed by atoms with E-state index in [-0.39, 0.29) is 23.3 Å². The molecule has 2 aliphatic carbocycles.